The lowest BCUT2D eigenvalue weighted by atomic mass is 10.1. The Balaban J connectivity index is 2.10. The highest BCUT2D eigenvalue weighted by Gasteiger charge is 2.18. The minimum Gasteiger partial charge on any atom is -0.479 e. The largest absolute Gasteiger partial charge is 0.479 e. The zero-order chi connectivity index (χ0) is 17.0. The summed E-state index contributed by atoms with van der Waals surface area (Å²) in [5.74, 6) is 0.109. The van der Waals surface area contributed by atoms with Crippen molar-refractivity contribution in [3.63, 3.8) is 0 Å². The molecule has 2 aromatic carbocycles. The van der Waals surface area contributed by atoms with Gasteiger partial charge in [-0.25, -0.2) is 0 Å². The number of hydrogen-bond acceptors (Lipinski definition) is 3. The highest BCUT2D eigenvalue weighted by atomic mass is 35.5. The lowest BCUT2D eigenvalue weighted by molar-refractivity contribution is -0.122. The van der Waals surface area contributed by atoms with E-state index in [1.54, 1.807) is 19.1 Å². The standard InChI is InChI=1S/C18H17ClN2O2/c1-11-5-4-6-12(2)17(11)21-18(22)13(3)23-16-8-7-14(10-20)9-15(16)19/h4-9,13H,1-3H3,(H,21,22)/t13-/m0/s1. The first-order valence-electron chi connectivity index (χ1n) is 7.15. The van der Waals surface area contributed by atoms with Gasteiger partial charge >= 0.3 is 0 Å². The second-order valence-corrected chi connectivity index (χ2v) is 5.68. The lowest BCUT2D eigenvalue weighted by Crippen LogP contribution is -2.30. The number of ether oxygens (including phenoxy) is 1. The first-order chi connectivity index (χ1) is 10.9. The normalized spacial score (nSPS) is 11.4. The van der Waals surface area contributed by atoms with E-state index in [0.717, 1.165) is 16.8 Å². The van der Waals surface area contributed by atoms with Gasteiger partial charge in [0.2, 0.25) is 0 Å². The van der Waals surface area contributed by atoms with E-state index in [-0.39, 0.29) is 5.91 Å². The van der Waals surface area contributed by atoms with Crippen molar-refractivity contribution >= 4 is 23.2 Å². The Hall–Kier alpha value is -2.51. The maximum Gasteiger partial charge on any atom is 0.265 e. The fourth-order valence-corrected chi connectivity index (χ4v) is 2.37. The molecule has 0 aliphatic heterocycles. The quantitative estimate of drug-likeness (QED) is 0.913. The van der Waals surface area contributed by atoms with Crippen molar-refractivity contribution in [3.8, 4) is 11.8 Å². The summed E-state index contributed by atoms with van der Waals surface area (Å²) in [6.07, 6.45) is -0.723. The van der Waals surface area contributed by atoms with Gasteiger partial charge in [-0.15, -0.1) is 0 Å². The zero-order valence-corrected chi connectivity index (χ0v) is 13.9. The van der Waals surface area contributed by atoms with Gasteiger partial charge in [0, 0.05) is 5.69 Å². The van der Waals surface area contributed by atoms with Gasteiger partial charge in [0.25, 0.3) is 5.91 Å². The van der Waals surface area contributed by atoms with Gasteiger partial charge in [0.1, 0.15) is 5.75 Å². The summed E-state index contributed by atoms with van der Waals surface area (Å²) in [7, 11) is 0. The number of para-hydroxylation sites is 1. The molecular formula is C18H17ClN2O2. The number of amides is 1. The van der Waals surface area contributed by atoms with Gasteiger partial charge in [-0.2, -0.15) is 5.26 Å². The number of nitrogens with one attached hydrogen (secondary N) is 1. The van der Waals surface area contributed by atoms with Crippen LogP contribution in [0.5, 0.6) is 5.75 Å². The highest BCUT2D eigenvalue weighted by molar-refractivity contribution is 6.32. The number of nitriles is 1. The van der Waals surface area contributed by atoms with Crippen LogP contribution >= 0.6 is 11.6 Å². The number of carbonyl (C=O) groups excluding carboxylic acids is 1. The van der Waals surface area contributed by atoms with Gasteiger partial charge in [-0.3, -0.25) is 4.79 Å². The Morgan fingerprint density at radius 1 is 1.26 bits per heavy atom. The van der Waals surface area contributed by atoms with Gasteiger partial charge < -0.3 is 10.1 Å². The Morgan fingerprint density at radius 2 is 1.91 bits per heavy atom. The molecule has 0 unspecified atom stereocenters. The third-order valence-corrected chi connectivity index (χ3v) is 3.76. The molecule has 0 fully saturated rings. The van der Waals surface area contributed by atoms with E-state index in [9.17, 15) is 4.79 Å². The van der Waals surface area contributed by atoms with E-state index in [0.29, 0.717) is 16.3 Å². The second-order valence-electron chi connectivity index (χ2n) is 5.27. The number of aryl methyl sites for hydroxylation is 2. The van der Waals surface area contributed by atoms with Gasteiger partial charge in [0.05, 0.1) is 16.7 Å². The average Bonchev–Trinajstić information content (AvgIpc) is 2.52. The molecule has 0 aromatic heterocycles. The van der Waals surface area contributed by atoms with Crippen molar-refractivity contribution in [2.45, 2.75) is 26.9 Å². The minimum absolute atomic E-state index is 0.261. The smallest absolute Gasteiger partial charge is 0.265 e. The van der Waals surface area contributed by atoms with Crippen LogP contribution in [0.2, 0.25) is 5.02 Å². The number of benzene rings is 2. The van der Waals surface area contributed by atoms with Crippen molar-refractivity contribution in [1.29, 1.82) is 5.26 Å². The van der Waals surface area contributed by atoms with E-state index in [2.05, 4.69) is 5.32 Å². The third kappa shape index (κ3) is 4.02. The average molecular weight is 329 g/mol. The van der Waals surface area contributed by atoms with Crippen LogP contribution in [0.15, 0.2) is 36.4 Å². The van der Waals surface area contributed by atoms with Crippen molar-refractivity contribution in [2.75, 3.05) is 5.32 Å². The molecule has 0 saturated carbocycles. The third-order valence-electron chi connectivity index (χ3n) is 3.46. The first kappa shape index (κ1) is 16.9. The summed E-state index contributed by atoms with van der Waals surface area (Å²) in [6.45, 7) is 5.52. The summed E-state index contributed by atoms with van der Waals surface area (Å²) in [6, 6.07) is 12.5. The van der Waals surface area contributed by atoms with Crippen LogP contribution in [0.25, 0.3) is 0 Å². The van der Waals surface area contributed by atoms with Crippen molar-refractivity contribution in [1.82, 2.24) is 0 Å². The predicted octanol–water partition coefficient (Wildman–Crippen LogP) is 4.23. The monoisotopic (exact) mass is 328 g/mol. The molecule has 0 bridgehead atoms. The van der Waals surface area contributed by atoms with Crippen molar-refractivity contribution in [2.24, 2.45) is 0 Å². The number of halogens is 1. The second kappa shape index (κ2) is 7.17. The molecule has 0 saturated heterocycles. The molecule has 0 spiro atoms. The highest BCUT2D eigenvalue weighted by Crippen LogP contribution is 2.27. The van der Waals surface area contributed by atoms with Crippen LogP contribution in [0.4, 0.5) is 5.69 Å². The molecule has 1 atom stereocenters. The molecule has 2 rings (SSSR count). The van der Waals surface area contributed by atoms with E-state index < -0.39 is 6.10 Å². The minimum atomic E-state index is -0.723. The summed E-state index contributed by atoms with van der Waals surface area (Å²) < 4.78 is 5.60. The van der Waals surface area contributed by atoms with Crippen LogP contribution in [0.1, 0.15) is 23.6 Å². The first-order valence-corrected chi connectivity index (χ1v) is 7.53. The molecular weight excluding hydrogens is 312 g/mol. The molecule has 0 aliphatic rings. The van der Waals surface area contributed by atoms with Crippen LogP contribution in [0, 0.1) is 25.2 Å². The molecule has 23 heavy (non-hydrogen) atoms. The predicted molar refractivity (Wildman–Crippen MR) is 90.8 cm³/mol. The van der Waals surface area contributed by atoms with Crippen LogP contribution in [-0.4, -0.2) is 12.0 Å². The van der Waals surface area contributed by atoms with Gasteiger partial charge in [-0.05, 0) is 50.1 Å². The zero-order valence-electron chi connectivity index (χ0n) is 13.2. The molecule has 118 valence electrons. The number of anilines is 1. The fraction of sp³-hybridized carbons (Fsp3) is 0.222. The Labute approximate surface area is 140 Å². The molecule has 2 aromatic rings. The molecule has 0 radical (unpaired) electrons. The summed E-state index contributed by atoms with van der Waals surface area (Å²) >= 11 is 6.06. The summed E-state index contributed by atoms with van der Waals surface area (Å²) in [5.41, 5.74) is 3.21. The molecule has 5 heteroatoms. The van der Waals surface area contributed by atoms with E-state index in [1.165, 1.54) is 6.07 Å². The van der Waals surface area contributed by atoms with E-state index in [4.69, 9.17) is 21.6 Å². The number of rotatable bonds is 4. The number of carbonyl (C=O) groups is 1. The maximum atomic E-state index is 12.3. The molecule has 1 N–H and O–H groups in total. The fourth-order valence-electron chi connectivity index (χ4n) is 2.15. The Kier molecular flexibility index (Phi) is 5.25. The van der Waals surface area contributed by atoms with Crippen molar-refractivity contribution in [3.05, 3.63) is 58.1 Å². The summed E-state index contributed by atoms with van der Waals surface area (Å²) in [4.78, 5) is 12.3. The van der Waals surface area contributed by atoms with Gasteiger partial charge in [0.15, 0.2) is 6.10 Å². The number of nitrogens with zero attached hydrogens (tertiary/aromatic N) is 1. The topological polar surface area (TPSA) is 62.1 Å². The molecule has 0 aliphatic carbocycles. The maximum absolute atomic E-state index is 12.3. The molecule has 0 heterocycles. The van der Waals surface area contributed by atoms with Crippen LogP contribution in [-0.2, 0) is 4.79 Å². The number of hydrogen-bond donors (Lipinski definition) is 1. The Bertz CT molecular complexity index is 761. The van der Waals surface area contributed by atoms with Crippen LogP contribution in [0.3, 0.4) is 0 Å². The molecule has 4 nitrogen and oxygen atoms in total. The van der Waals surface area contributed by atoms with Crippen molar-refractivity contribution < 1.29 is 9.53 Å². The lowest BCUT2D eigenvalue weighted by Gasteiger charge is -2.17. The van der Waals surface area contributed by atoms with E-state index >= 15 is 0 Å². The van der Waals surface area contributed by atoms with Gasteiger partial charge in [-0.1, -0.05) is 29.8 Å². The Morgan fingerprint density at radius 3 is 2.48 bits per heavy atom. The van der Waals surface area contributed by atoms with E-state index in [1.807, 2.05) is 38.1 Å². The summed E-state index contributed by atoms with van der Waals surface area (Å²) in [5, 5.41) is 12.0. The molecule has 1 amide bonds. The SMILES string of the molecule is Cc1cccc(C)c1NC(=O)[C@H](C)Oc1ccc(C#N)cc1Cl. The van der Waals surface area contributed by atoms with Crippen LogP contribution < -0.4 is 10.1 Å².